The van der Waals surface area contributed by atoms with Gasteiger partial charge in [0.05, 0.1) is 34.1 Å². The van der Waals surface area contributed by atoms with Crippen LogP contribution in [0, 0.1) is 27.7 Å². The number of amides is 1. The summed E-state index contributed by atoms with van der Waals surface area (Å²) in [5.41, 5.74) is 8.06. The fraction of sp³-hybridized carbons (Fsp3) is 0.360. The first-order valence-corrected chi connectivity index (χ1v) is 11.0. The van der Waals surface area contributed by atoms with E-state index in [-0.39, 0.29) is 11.9 Å². The van der Waals surface area contributed by atoms with Crippen LogP contribution < -0.4 is 5.32 Å². The lowest BCUT2D eigenvalue weighted by atomic mass is 10.0. The Bertz CT molecular complexity index is 1310. The lowest BCUT2D eigenvalue weighted by molar-refractivity contribution is 0.0941. The SMILES string of the molecule is CCn1nc(C)c2c(C(=O)N[C@H](C)c3c(C)nn(C)c3C)cc(-c3ccc(C)cc3)nc21. The van der Waals surface area contributed by atoms with Gasteiger partial charge in [-0.25, -0.2) is 9.67 Å². The van der Waals surface area contributed by atoms with Crippen molar-refractivity contribution in [2.45, 2.75) is 54.1 Å². The Balaban J connectivity index is 1.82. The van der Waals surface area contributed by atoms with Crippen molar-refractivity contribution in [3.8, 4) is 11.3 Å². The third kappa shape index (κ3) is 3.68. The van der Waals surface area contributed by atoms with Gasteiger partial charge in [0.15, 0.2) is 5.65 Å². The summed E-state index contributed by atoms with van der Waals surface area (Å²) < 4.78 is 3.71. The maximum atomic E-state index is 13.6. The molecule has 3 heterocycles. The normalized spacial score (nSPS) is 12.3. The number of hydrogen-bond acceptors (Lipinski definition) is 4. The summed E-state index contributed by atoms with van der Waals surface area (Å²) in [6, 6.07) is 9.89. The second kappa shape index (κ2) is 8.22. The van der Waals surface area contributed by atoms with Crippen molar-refractivity contribution >= 4 is 16.9 Å². The molecule has 7 nitrogen and oxygen atoms in total. The number of rotatable bonds is 5. The molecule has 0 saturated heterocycles. The fourth-order valence-corrected chi connectivity index (χ4v) is 4.39. The third-order valence-electron chi connectivity index (χ3n) is 6.11. The Morgan fingerprint density at radius 3 is 2.34 bits per heavy atom. The largest absolute Gasteiger partial charge is 0.345 e. The van der Waals surface area contributed by atoms with Gasteiger partial charge < -0.3 is 5.32 Å². The number of fused-ring (bicyclic) bond motifs is 1. The summed E-state index contributed by atoms with van der Waals surface area (Å²) >= 11 is 0. The topological polar surface area (TPSA) is 77.6 Å². The predicted molar refractivity (Wildman–Crippen MR) is 127 cm³/mol. The second-order valence-electron chi connectivity index (χ2n) is 8.42. The van der Waals surface area contributed by atoms with Crippen LogP contribution in [0.4, 0.5) is 0 Å². The number of aromatic nitrogens is 5. The van der Waals surface area contributed by atoms with E-state index in [1.165, 1.54) is 5.56 Å². The maximum absolute atomic E-state index is 13.6. The molecule has 4 rings (SSSR count). The van der Waals surface area contributed by atoms with Gasteiger partial charge in [-0.15, -0.1) is 0 Å². The number of carbonyl (C=O) groups is 1. The molecule has 7 heteroatoms. The standard InChI is InChI=1S/C25H30N6O/c1-8-31-24-23(17(5)29-31)20(13-21(27-24)19-11-9-14(2)10-12-19)25(32)26-15(3)22-16(4)28-30(7)18(22)6/h9-13,15H,8H2,1-7H3,(H,26,32)/t15-/m1/s1. The van der Waals surface area contributed by atoms with E-state index in [0.717, 1.165) is 44.9 Å². The van der Waals surface area contributed by atoms with E-state index in [1.807, 2.05) is 69.2 Å². The van der Waals surface area contributed by atoms with E-state index in [2.05, 4.69) is 34.6 Å². The lowest BCUT2D eigenvalue weighted by Gasteiger charge is -2.16. The molecule has 3 aromatic heterocycles. The predicted octanol–water partition coefficient (Wildman–Crippen LogP) is 4.58. The number of nitrogens with one attached hydrogen (secondary N) is 1. The van der Waals surface area contributed by atoms with Crippen LogP contribution in [-0.2, 0) is 13.6 Å². The van der Waals surface area contributed by atoms with Crippen LogP contribution in [-0.4, -0.2) is 30.5 Å². The quantitative estimate of drug-likeness (QED) is 0.503. The first-order valence-electron chi connectivity index (χ1n) is 11.0. The van der Waals surface area contributed by atoms with Gasteiger partial charge in [-0.3, -0.25) is 9.48 Å². The summed E-state index contributed by atoms with van der Waals surface area (Å²) in [7, 11) is 1.92. The zero-order chi connectivity index (χ0) is 23.2. The van der Waals surface area contributed by atoms with Crippen molar-refractivity contribution in [1.82, 2.24) is 29.9 Å². The van der Waals surface area contributed by atoms with Gasteiger partial charge in [0.2, 0.25) is 0 Å². The molecule has 166 valence electrons. The Kier molecular flexibility index (Phi) is 5.59. The number of pyridine rings is 1. The van der Waals surface area contributed by atoms with E-state index in [0.29, 0.717) is 12.1 Å². The molecule has 0 spiro atoms. The van der Waals surface area contributed by atoms with Gasteiger partial charge in [-0.1, -0.05) is 29.8 Å². The number of benzene rings is 1. The van der Waals surface area contributed by atoms with E-state index in [4.69, 9.17) is 4.98 Å². The van der Waals surface area contributed by atoms with Gasteiger partial charge in [-0.05, 0) is 47.6 Å². The van der Waals surface area contributed by atoms with Crippen molar-refractivity contribution in [3.63, 3.8) is 0 Å². The average Bonchev–Trinajstić information content (AvgIpc) is 3.22. The number of aryl methyl sites for hydroxylation is 5. The van der Waals surface area contributed by atoms with Gasteiger partial charge in [0, 0.05) is 30.4 Å². The minimum absolute atomic E-state index is 0.139. The molecule has 1 amide bonds. The Labute approximate surface area is 188 Å². The zero-order valence-electron chi connectivity index (χ0n) is 19.8. The van der Waals surface area contributed by atoms with Crippen molar-refractivity contribution in [2.24, 2.45) is 7.05 Å². The van der Waals surface area contributed by atoms with Crippen LogP contribution in [0.15, 0.2) is 30.3 Å². The highest BCUT2D eigenvalue weighted by Gasteiger charge is 2.23. The molecular weight excluding hydrogens is 400 g/mol. The van der Waals surface area contributed by atoms with E-state index in [1.54, 1.807) is 0 Å². The Hall–Kier alpha value is -3.48. The molecule has 1 aromatic carbocycles. The molecule has 0 aliphatic rings. The highest BCUT2D eigenvalue weighted by Crippen LogP contribution is 2.28. The van der Waals surface area contributed by atoms with E-state index < -0.39 is 0 Å². The lowest BCUT2D eigenvalue weighted by Crippen LogP contribution is -2.27. The fourth-order valence-electron chi connectivity index (χ4n) is 4.39. The maximum Gasteiger partial charge on any atom is 0.252 e. The van der Waals surface area contributed by atoms with Crippen LogP contribution in [0.2, 0.25) is 0 Å². The summed E-state index contributed by atoms with van der Waals surface area (Å²) in [6.07, 6.45) is 0. The Morgan fingerprint density at radius 1 is 1.06 bits per heavy atom. The molecule has 0 radical (unpaired) electrons. The minimum Gasteiger partial charge on any atom is -0.345 e. The van der Waals surface area contributed by atoms with Crippen LogP contribution in [0.25, 0.3) is 22.3 Å². The van der Waals surface area contributed by atoms with Crippen molar-refractivity contribution < 1.29 is 4.79 Å². The molecule has 32 heavy (non-hydrogen) atoms. The van der Waals surface area contributed by atoms with Crippen molar-refractivity contribution in [2.75, 3.05) is 0 Å². The first kappa shape index (κ1) is 21.7. The molecule has 0 fully saturated rings. The van der Waals surface area contributed by atoms with Gasteiger partial charge in [0.25, 0.3) is 5.91 Å². The van der Waals surface area contributed by atoms with Gasteiger partial charge in [-0.2, -0.15) is 10.2 Å². The number of hydrogen-bond donors (Lipinski definition) is 1. The molecule has 0 bridgehead atoms. The molecule has 1 atom stereocenters. The minimum atomic E-state index is -0.177. The zero-order valence-corrected chi connectivity index (χ0v) is 19.8. The average molecular weight is 431 g/mol. The van der Waals surface area contributed by atoms with Crippen LogP contribution in [0.5, 0.6) is 0 Å². The molecule has 4 aromatic rings. The molecular formula is C25H30N6O. The number of nitrogens with zero attached hydrogens (tertiary/aromatic N) is 5. The van der Waals surface area contributed by atoms with Gasteiger partial charge in [0.1, 0.15) is 0 Å². The number of carbonyl (C=O) groups excluding carboxylic acids is 1. The molecule has 0 unspecified atom stereocenters. The summed E-state index contributed by atoms with van der Waals surface area (Å²) in [5.74, 6) is -0.139. The summed E-state index contributed by atoms with van der Waals surface area (Å²) in [5, 5.41) is 13.1. The Morgan fingerprint density at radius 2 is 1.75 bits per heavy atom. The highest BCUT2D eigenvalue weighted by atomic mass is 16.1. The monoisotopic (exact) mass is 430 g/mol. The summed E-state index contributed by atoms with van der Waals surface area (Å²) in [4.78, 5) is 18.4. The second-order valence-corrected chi connectivity index (χ2v) is 8.42. The van der Waals surface area contributed by atoms with Crippen LogP contribution in [0.3, 0.4) is 0 Å². The third-order valence-corrected chi connectivity index (χ3v) is 6.11. The van der Waals surface area contributed by atoms with E-state index >= 15 is 0 Å². The molecule has 0 aliphatic heterocycles. The van der Waals surface area contributed by atoms with Gasteiger partial charge >= 0.3 is 0 Å². The van der Waals surface area contributed by atoms with Crippen molar-refractivity contribution in [1.29, 1.82) is 0 Å². The summed E-state index contributed by atoms with van der Waals surface area (Å²) in [6.45, 7) is 12.7. The molecule has 1 N–H and O–H groups in total. The van der Waals surface area contributed by atoms with Crippen molar-refractivity contribution in [3.05, 3.63) is 64.1 Å². The smallest absolute Gasteiger partial charge is 0.252 e. The highest BCUT2D eigenvalue weighted by molar-refractivity contribution is 6.07. The first-order chi connectivity index (χ1) is 15.2. The molecule has 0 aliphatic carbocycles. The van der Waals surface area contributed by atoms with Crippen LogP contribution >= 0.6 is 0 Å². The van der Waals surface area contributed by atoms with E-state index in [9.17, 15) is 4.79 Å². The molecule has 0 saturated carbocycles. The van der Waals surface area contributed by atoms with Crippen LogP contribution in [0.1, 0.15) is 58.5 Å².